The van der Waals surface area contributed by atoms with Gasteiger partial charge >= 0.3 is 0 Å². The first-order chi connectivity index (χ1) is 8.66. The van der Waals surface area contributed by atoms with Gasteiger partial charge in [0.1, 0.15) is 5.82 Å². The molecule has 1 heterocycles. The van der Waals surface area contributed by atoms with Crippen molar-refractivity contribution in [3.8, 4) is 0 Å². The largest absolute Gasteiger partial charge is 0.352 e. The molecule has 94 valence electrons. The molecule has 1 aromatic carbocycles. The summed E-state index contributed by atoms with van der Waals surface area (Å²) < 4.78 is 17.5. The van der Waals surface area contributed by atoms with Gasteiger partial charge in [-0.2, -0.15) is 4.98 Å². The van der Waals surface area contributed by atoms with Gasteiger partial charge in [0.2, 0.25) is 6.39 Å². The summed E-state index contributed by atoms with van der Waals surface area (Å²) in [5, 5.41) is 6.34. The van der Waals surface area contributed by atoms with Crippen LogP contribution in [0.2, 0.25) is 0 Å². The molecule has 0 spiro atoms. The molecular weight excluding hydrogens is 237 g/mol. The number of hydrogen-bond donors (Lipinski definition) is 1. The lowest BCUT2D eigenvalue weighted by atomic mass is 10.1. The van der Waals surface area contributed by atoms with Crippen molar-refractivity contribution in [2.24, 2.45) is 0 Å². The highest BCUT2D eigenvalue weighted by Crippen LogP contribution is 2.09. The van der Waals surface area contributed by atoms with E-state index < -0.39 is 0 Å². The van der Waals surface area contributed by atoms with Crippen LogP contribution in [0.25, 0.3) is 0 Å². The molecule has 18 heavy (non-hydrogen) atoms. The number of nitrogens with zero attached hydrogens (tertiary/aromatic N) is 2. The summed E-state index contributed by atoms with van der Waals surface area (Å²) in [6, 6.07) is 4.06. The van der Waals surface area contributed by atoms with Gasteiger partial charge in [-0.3, -0.25) is 4.79 Å². The van der Waals surface area contributed by atoms with E-state index in [0.717, 1.165) is 0 Å². The van der Waals surface area contributed by atoms with Crippen molar-refractivity contribution in [1.29, 1.82) is 0 Å². The first-order valence-corrected chi connectivity index (χ1v) is 5.46. The Balaban J connectivity index is 1.91. The fraction of sp³-hybridized carbons (Fsp3) is 0.250. The van der Waals surface area contributed by atoms with Crippen LogP contribution in [-0.2, 0) is 6.42 Å². The molecule has 0 saturated heterocycles. The topological polar surface area (TPSA) is 68.0 Å². The van der Waals surface area contributed by atoms with Gasteiger partial charge in [0.15, 0.2) is 5.82 Å². The first-order valence-electron chi connectivity index (χ1n) is 5.46. The minimum atomic E-state index is -0.351. The van der Waals surface area contributed by atoms with Gasteiger partial charge in [0, 0.05) is 18.5 Å². The summed E-state index contributed by atoms with van der Waals surface area (Å²) in [7, 11) is 0. The Hall–Kier alpha value is -2.24. The molecule has 0 aliphatic rings. The van der Waals surface area contributed by atoms with Crippen LogP contribution < -0.4 is 5.32 Å². The molecule has 0 atom stereocenters. The molecule has 2 rings (SSSR count). The highest BCUT2D eigenvalue weighted by molar-refractivity contribution is 5.95. The van der Waals surface area contributed by atoms with Crippen LogP contribution in [-0.4, -0.2) is 22.6 Å². The SMILES string of the molecule is Cc1cc(F)ccc1C(=O)NCCc1ncon1. The standard InChI is InChI=1S/C12H12FN3O2/c1-8-6-9(13)2-3-10(8)12(17)14-5-4-11-15-7-18-16-11/h2-3,6-7H,4-5H2,1H3,(H,14,17). The number of aryl methyl sites for hydroxylation is 1. The quantitative estimate of drug-likeness (QED) is 0.891. The Morgan fingerprint density at radius 3 is 3.00 bits per heavy atom. The third-order valence-electron chi connectivity index (χ3n) is 2.47. The van der Waals surface area contributed by atoms with Crippen LogP contribution in [0.1, 0.15) is 21.7 Å². The number of hydrogen-bond acceptors (Lipinski definition) is 4. The molecular formula is C12H12FN3O2. The Labute approximate surface area is 103 Å². The van der Waals surface area contributed by atoms with Crippen molar-refractivity contribution >= 4 is 5.91 Å². The number of halogens is 1. The highest BCUT2D eigenvalue weighted by atomic mass is 19.1. The maximum absolute atomic E-state index is 12.9. The predicted molar refractivity (Wildman–Crippen MR) is 61.5 cm³/mol. The van der Waals surface area contributed by atoms with E-state index in [1.54, 1.807) is 6.92 Å². The zero-order valence-electron chi connectivity index (χ0n) is 9.81. The smallest absolute Gasteiger partial charge is 0.251 e. The summed E-state index contributed by atoms with van der Waals surface area (Å²) in [5.74, 6) is -0.0574. The van der Waals surface area contributed by atoms with Crippen LogP contribution in [0.4, 0.5) is 4.39 Å². The number of nitrogens with one attached hydrogen (secondary N) is 1. The Morgan fingerprint density at radius 2 is 2.33 bits per heavy atom. The van der Waals surface area contributed by atoms with E-state index in [-0.39, 0.29) is 11.7 Å². The van der Waals surface area contributed by atoms with Crippen molar-refractivity contribution < 1.29 is 13.7 Å². The Morgan fingerprint density at radius 1 is 1.50 bits per heavy atom. The zero-order valence-corrected chi connectivity index (χ0v) is 9.81. The average molecular weight is 249 g/mol. The van der Waals surface area contributed by atoms with Gasteiger partial charge < -0.3 is 9.84 Å². The van der Waals surface area contributed by atoms with Crippen molar-refractivity contribution in [3.63, 3.8) is 0 Å². The van der Waals surface area contributed by atoms with Gasteiger partial charge in [0.05, 0.1) is 0 Å². The zero-order chi connectivity index (χ0) is 13.0. The number of carbonyl (C=O) groups is 1. The number of carbonyl (C=O) groups excluding carboxylic acids is 1. The van der Waals surface area contributed by atoms with Crippen LogP contribution in [0.3, 0.4) is 0 Å². The molecule has 0 bridgehead atoms. The van der Waals surface area contributed by atoms with Gasteiger partial charge in [-0.05, 0) is 30.7 Å². The van der Waals surface area contributed by atoms with Crippen LogP contribution >= 0.6 is 0 Å². The molecule has 0 aliphatic carbocycles. The van der Waals surface area contributed by atoms with Gasteiger partial charge in [-0.25, -0.2) is 4.39 Å². The van der Waals surface area contributed by atoms with Gasteiger partial charge in [0.25, 0.3) is 5.91 Å². The maximum atomic E-state index is 12.9. The molecule has 0 radical (unpaired) electrons. The summed E-state index contributed by atoms with van der Waals surface area (Å²) in [5.41, 5.74) is 1.07. The highest BCUT2D eigenvalue weighted by Gasteiger charge is 2.09. The Kier molecular flexibility index (Phi) is 3.66. The van der Waals surface area contributed by atoms with E-state index in [4.69, 9.17) is 0 Å². The Bertz CT molecular complexity index is 540. The lowest BCUT2D eigenvalue weighted by molar-refractivity contribution is 0.0953. The molecule has 1 amide bonds. The van der Waals surface area contributed by atoms with E-state index in [0.29, 0.717) is 29.9 Å². The van der Waals surface area contributed by atoms with Gasteiger partial charge in [-0.15, -0.1) is 0 Å². The molecule has 0 aliphatic heterocycles. The van der Waals surface area contributed by atoms with E-state index in [2.05, 4.69) is 20.0 Å². The number of rotatable bonds is 4. The van der Waals surface area contributed by atoms with Crippen molar-refractivity contribution in [2.75, 3.05) is 6.54 Å². The summed E-state index contributed by atoms with van der Waals surface area (Å²) >= 11 is 0. The van der Waals surface area contributed by atoms with Crippen LogP contribution in [0.5, 0.6) is 0 Å². The van der Waals surface area contributed by atoms with E-state index >= 15 is 0 Å². The van der Waals surface area contributed by atoms with Crippen molar-refractivity contribution in [1.82, 2.24) is 15.5 Å². The first kappa shape index (κ1) is 12.2. The second-order valence-electron chi connectivity index (χ2n) is 3.81. The summed E-state index contributed by atoms with van der Waals surface area (Å²) in [6.45, 7) is 2.09. The second kappa shape index (κ2) is 5.39. The molecule has 1 aromatic heterocycles. The molecule has 0 saturated carbocycles. The molecule has 1 N–H and O–H groups in total. The predicted octanol–water partition coefficient (Wildman–Crippen LogP) is 1.49. The minimum absolute atomic E-state index is 0.240. The normalized spacial score (nSPS) is 10.3. The van der Waals surface area contributed by atoms with E-state index in [1.807, 2.05) is 0 Å². The third-order valence-corrected chi connectivity index (χ3v) is 2.47. The number of benzene rings is 1. The number of aromatic nitrogens is 2. The molecule has 5 nitrogen and oxygen atoms in total. The third kappa shape index (κ3) is 2.91. The molecule has 0 fully saturated rings. The van der Waals surface area contributed by atoms with Crippen molar-refractivity contribution in [2.45, 2.75) is 13.3 Å². The molecule has 0 unspecified atom stereocenters. The lowest BCUT2D eigenvalue weighted by Gasteiger charge is -2.06. The van der Waals surface area contributed by atoms with Crippen molar-refractivity contribution in [3.05, 3.63) is 47.4 Å². The fourth-order valence-electron chi connectivity index (χ4n) is 1.57. The monoisotopic (exact) mass is 249 g/mol. The van der Waals surface area contributed by atoms with E-state index in [9.17, 15) is 9.18 Å². The summed E-state index contributed by atoms with van der Waals surface area (Å²) in [4.78, 5) is 15.6. The summed E-state index contributed by atoms with van der Waals surface area (Å²) in [6.07, 6.45) is 1.73. The van der Waals surface area contributed by atoms with Gasteiger partial charge in [-0.1, -0.05) is 5.16 Å². The second-order valence-corrected chi connectivity index (χ2v) is 3.81. The van der Waals surface area contributed by atoms with Crippen LogP contribution in [0, 0.1) is 12.7 Å². The maximum Gasteiger partial charge on any atom is 0.251 e. The van der Waals surface area contributed by atoms with E-state index in [1.165, 1.54) is 24.6 Å². The number of amides is 1. The molecule has 6 heteroatoms. The van der Waals surface area contributed by atoms with Crippen LogP contribution in [0.15, 0.2) is 29.1 Å². The molecule has 2 aromatic rings. The fourth-order valence-corrected chi connectivity index (χ4v) is 1.57. The minimum Gasteiger partial charge on any atom is -0.352 e. The average Bonchev–Trinajstić information content (AvgIpc) is 2.81. The lowest BCUT2D eigenvalue weighted by Crippen LogP contribution is -2.26.